The molecule has 8 heteroatoms. The predicted molar refractivity (Wildman–Crippen MR) is 91.1 cm³/mol. The fourth-order valence-corrected chi connectivity index (χ4v) is 3.48. The van der Waals surface area contributed by atoms with Crippen molar-refractivity contribution in [3.05, 3.63) is 35.8 Å². The van der Waals surface area contributed by atoms with Gasteiger partial charge in [-0.05, 0) is 53.5 Å². The molecule has 2 N–H and O–H groups in total. The molecule has 3 aromatic rings. The van der Waals surface area contributed by atoms with E-state index in [4.69, 9.17) is 4.74 Å². The molecule has 0 radical (unpaired) electrons. The number of fused-ring (bicyclic) bond motifs is 3. The van der Waals surface area contributed by atoms with Crippen LogP contribution >= 0.6 is 0 Å². The van der Waals surface area contributed by atoms with E-state index in [9.17, 15) is 4.79 Å². The molecule has 0 saturated heterocycles. The van der Waals surface area contributed by atoms with Gasteiger partial charge in [-0.3, -0.25) is 4.79 Å². The number of aryl methyl sites for hydroxylation is 2. The van der Waals surface area contributed by atoms with Crippen molar-refractivity contribution in [2.45, 2.75) is 38.3 Å². The van der Waals surface area contributed by atoms with Crippen LogP contribution in [0.25, 0.3) is 10.9 Å². The minimum atomic E-state index is 0.00425. The lowest BCUT2D eigenvalue weighted by molar-refractivity contribution is -0.122. The zero-order valence-electron chi connectivity index (χ0n) is 14.0. The van der Waals surface area contributed by atoms with E-state index in [1.165, 1.54) is 17.3 Å². The normalized spacial score (nSPS) is 16.6. The van der Waals surface area contributed by atoms with E-state index in [1.54, 1.807) is 11.8 Å². The Morgan fingerprint density at radius 2 is 2.40 bits per heavy atom. The number of nitrogens with one attached hydrogen (secondary N) is 2. The van der Waals surface area contributed by atoms with Crippen molar-refractivity contribution in [1.29, 1.82) is 0 Å². The lowest BCUT2D eigenvalue weighted by atomic mass is 9.91. The van der Waals surface area contributed by atoms with Crippen LogP contribution in [-0.4, -0.2) is 38.2 Å². The Morgan fingerprint density at radius 3 is 3.20 bits per heavy atom. The molecule has 8 nitrogen and oxygen atoms in total. The van der Waals surface area contributed by atoms with Crippen molar-refractivity contribution in [3.8, 4) is 5.75 Å². The third-order valence-corrected chi connectivity index (χ3v) is 4.71. The molecule has 0 bridgehead atoms. The Hall–Kier alpha value is -2.90. The molecular formula is C17H20N6O2. The number of benzene rings is 1. The van der Waals surface area contributed by atoms with Crippen molar-refractivity contribution in [2.24, 2.45) is 0 Å². The second-order valence-electron chi connectivity index (χ2n) is 6.26. The van der Waals surface area contributed by atoms with Crippen LogP contribution in [0.1, 0.15) is 36.6 Å². The van der Waals surface area contributed by atoms with Gasteiger partial charge in [0.15, 0.2) is 0 Å². The van der Waals surface area contributed by atoms with Gasteiger partial charge in [-0.2, -0.15) is 0 Å². The van der Waals surface area contributed by atoms with Gasteiger partial charge >= 0.3 is 0 Å². The summed E-state index contributed by atoms with van der Waals surface area (Å²) in [6, 6.07) is 6.06. The summed E-state index contributed by atoms with van der Waals surface area (Å²) in [6.45, 7) is 0.475. The number of rotatable bonds is 5. The average molecular weight is 340 g/mol. The summed E-state index contributed by atoms with van der Waals surface area (Å²) in [5.74, 6) is 0.853. The van der Waals surface area contributed by atoms with Crippen molar-refractivity contribution in [3.63, 3.8) is 0 Å². The van der Waals surface area contributed by atoms with E-state index in [1.807, 2.05) is 12.1 Å². The Balaban J connectivity index is 1.52. The third kappa shape index (κ3) is 3.07. The lowest BCUT2D eigenvalue weighted by Gasteiger charge is -2.23. The Labute approximate surface area is 144 Å². The zero-order chi connectivity index (χ0) is 17.2. The van der Waals surface area contributed by atoms with E-state index in [0.29, 0.717) is 13.0 Å². The molecule has 0 fully saturated rings. The summed E-state index contributed by atoms with van der Waals surface area (Å²) in [5, 5.41) is 15.2. The molecule has 25 heavy (non-hydrogen) atoms. The van der Waals surface area contributed by atoms with Gasteiger partial charge in [-0.25, -0.2) is 4.68 Å². The van der Waals surface area contributed by atoms with Gasteiger partial charge in [0, 0.05) is 23.0 Å². The van der Waals surface area contributed by atoms with Crippen molar-refractivity contribution >= 4 is 16.8 Å². The molecule has 1 amide bonds. The van der Waals surface area contributed by atoms with E-state index in [0.717, 1.165) is 36.2 Å². The van der Waals surface area contributed by atoms with Gasteiger partial charge in [0.25, 0.3) is 0 Å². The highest BCUT2D eigenvalue weighted by molar-refractivity contribution is 5.87. The molecule has 0 aliphatic heterocycles. The van der Waals surface area contributed by atoms with Gasteiger partial charge < -0.3 is 15.0 Å². The number of hydrogen-bond donors (Lipinski definition) is 2. The number of H-pyrrole nitrogens is 1. The maximum Gasteiger partial charge on any atom is 0.222 e. The number of amides is 1. The minimum absolute atomic E-state index is 0.00425. The van der Waals surface area contributed by atoms with Crippen molar-refractivity contribution in [1.82, 2.24) is 30.5 Å². The summed E-state index contributed by atoms with van der Waals surface area (Å²) in [5.41, 5.74) is 3.48. The monoisotopic (exact) mass is 340 g/mol. The lowest BCUT2D eigenvalue weighted by Crippen LogP contribution is -2.31. The largest absolute Gasteiger partial charge is 0.497 e. The zero-order valence-corrected chi connectivity index (χ0v) is 14.0. The molecule has 0 saturated carbocycles. The number of methoxy groups -OCH3 is 1. The van der Waals surface area contributed by atoms with Gasteiger partial charge in [0.2, 0.25) is 5.91 Å². The highest BCUT2D eigenvalue weighted by Crippen LogP contribution is 2.36. The maximum atomic E-state index is 12.3. The summed E-state index contributed by atoms with van der Waals surface area (Å²) in [4.78, 5) is 15.8. The van der Waals surface area contributed by atoms with Gasteiger partial charge in [0.1, 0.15) is 12.1 Å². The molecular weight excluding hydrogens is 320 g/mol. The Morgan fingerprint density at radius 1 is 1.48 bits per heavy atom. The first-order valence-corrected chi connectivity index (χ1v) is 8.43. The number of aromatic nitrogens is 5. The number of ether oxygens (including phenoxy) is 1. The molecule has 0 unspecified atom stereocenters. The minimum Gasteiger partial charge on any atom is -0.497 e. The molecule has 1 aromatic carbocycles. The first-order chi connectivity index (χ1) is 12.2. The summed E-state index contributed by atoms with van der Waals surface area (Å²) in [7, 11) is 1.67. The quantitative estimate of drug-likeness (QED) is 0.737. The van der Waals surface area contributed by atoms with E-state index in [2.05, 4.69) is 31.9 Å². The van der Waals surface area contributed by atoms with Crippen LogP contribution in [0.4, 0.5) is 0 Å². The average Bonchev–Trinajstić information content (AvgIpc) is 3.27. The first-order valence-electron chi connectivity index (χ1n) is 8.43. The highest BCUT2D eigenvalue weighted by Gasteiger charge is 2.25. The van der Waals surface area contributed by atoms with Crippen molar-refractivity contribution in [2.75, 3.05) is 7.11 Å². The molecule has 4 rings (SSSR count). The summed E-state index contributed by atoms with van der Waals surface area (Å²) < 4.78 is 6.90. The molecule has 2 aromatic heterocycles. The third-order valence-electron chi connectivity index (χ3n) is 4.71. The molecule has 130 valence electrons. The summed E-state index contributed by atoms with van der Waals surface area (Å²) >= 11 is 0. The SMILES string of the molecule is COc1ccc2[nH]c3c(c2c1)CCC[C@@H]3NC(=O)CCn1cnnn1. The smallest absolute Gasteiger partial charge is 0.222 e. The standard InChI is InChI=1S/C17H20N6O2/c1-25-11-5-6-14-13(9-11)12-3-2-4-15(17(12)20-14)19-16(24)7-8-23-10-18-21-22-23/h5-6,9-10,15,20H,2-4,7-8H2,1H3,(H,19,24)/t15-/m0/s1. The van der Waals surface area contributed by atoms with Crippen LogP contribution in [-0.2, 0) is 17.8 Å². The first kappa shape index (κ1) is 15.6. The van der Waals surface area contributed by atoms with Gasteiger partial charge in [-0.1, -0.05) is 0 Å². The number of aromatic amines is 1. The van der Waals surface area contributed by atoms with Crippen LogP contribution in [0, 0.1) is 0 Å². The van der Waals surface area contributed by atoms with Crippen LogP contribution in [0.5, 0.6) is 5.75 Å². The van der Waals surface area contributed by atoms with Crippen molar-refractivity contribution < 1.29 is 9.53 Å². The fourth-order valence-electron chi connectivity index (χ4n) is 3.48. The van der Waals surface area contributed by atoms with Crippen LogP contribution < -0.4 is 10.1 Å². The number of tetrazole rings is 1. The second-order valence-corrected chi connectivity index (χ2v) is 6.26. The van der Waals surface area contributed by atoms with E-state index >= 15 is 0 Å². The van der Waals surface area contributed by atoms with Gasteiger partial charge in [0.05, 0.1) is 19.7 Å². The van der Waals surface area contributed by atoms with Gasteiger partial charge in [-0.15, -0.1) is 5.10 Å². The molecule has 2 heterocycles. The molecule has 1 aliphatic carbocycles. The molecule has 1 aliphatic rings. The Bertz CT molecular complexity index is 886. The van der Waals surface area contributed by atoms with Crippen LogP contribution in [0.2, 0.25) is 0 Å². The van der Waals surface area contributed by atoms with Crippen LogP contribution in [0.15, 0.2) is 24.5 Å². The number of nitrogens with zero attached hydrogens (tertiary/aromatic N) is 4. The highest BCUT2D eigenvalue weighted by atomic mass is 16.5. The number of hydrogen-bond acceptors (Lipinski definition) is 5. The molecule has 1 atom stereocenters. The van der Waals surface area contributed by atoms with Crippen LogP contribution in [0.3, 0.4) is 0 Å². The van der Waals surface area contributed by atoms with E-state index < -0.39 is 0 Å². The second kappa shape index (κ2) is 6.54. The predicted octanol–water partition coefficient (Wildman–Crippen LogP) is 1.75. The summed E-state index contributed by atoms with van der Waals surface area (Å²) in [6.07, 6.45) is 4.87. The Kier molecular flexibility index (Phi) is 4.09. The topological polar surface area (TPSA) is 97.7 Å². The maximum absolute atomic E-state index is 12.3. The fraction of sp³-hybridized carbons (Fsp3) is 0.412. The number of carbonyl (C=O) groups is 1. The van der Waals surface area contributed by atoms with E-state index in [-0.39, 0.29) is 11.9 Å². The number of carbonyl (C=O) groups excluding carboxylic acids is 1. The molecule has 0 spiro atoms.